The topological polar surface area (TPSA) is 66.8 Å². The minimum absolute atomic E-state index is 0.152. The van der Waals surface area contributed by atoms with Crippen molar-refractivity contribution in [2.75, 3.05) is 19.0 Å². The number of carboxylic acid groups (broad SMARTS) is 1. The van der Waals surface area contributed by atoms with Crippen LogP contribution in [0.25, 0.3) is 0 Å². The zero-order valence-electron chi connectivity index (χ0n) is 9.63. The second kappa shape index (κ2) is 7.19. The van der Waals surface area contributed by atoms with E-state index in [-0.39, 0.29) is 17.4 Å². The Labute approximate surface area is 105 Å². The number of benzene rings is 1. The van der Waals surface area contributed by atoms with E-state index >= 15 is 0 Å². The fourth-order valence-corrected chi connectivity index (χ4v) is 1.87. The van der Waals surface area contributed by atoms with Gasteiger partial charge >= 0.3 is 5.97 Å². The summed E-state index contributed by atoms with van der Waals surface area (Å²) in [6.45, 7) is 2.59. The smallest absolute Gasteiger partial charge is 0.335 e. The van der Waals surface area contributed by atoms with Crippen molar-refractivity contribution in [2.45, 2.75) is 12.2 Å². The molecule has 1 aromatic carbocycles. The average molecular weight is 256 g/mol. The lowest BCUT2D eigenvalue weighted by atomic mass is 10.2. The summed E-state index contributed by atoms with van der Waals surface area (Å²) in [6, 6.07) is 6.41. The van der Waals surface area contributed by atoms with Crippen molar-refractivity contribution < 1.29 is 19.7 Å². The third-order valence-electron chi connectivity index (χ3n) is 2.09. The van der Waals surface area contributed by atoms with Gasteiger partial charge in [-0.1, -0.05) is 13.0 Å². The van der Waals surface area contributed by atoms with Crippen LogP contribution in [0.15, 0.2) is 24.3 Å². The maximum absolute atomic E-state index is 10.7. The predicted octanol–water partition coefficient (Wildman–Crippen LogP) is 1.88. The van der Waals surface area contributed by atoms with Gasteiger partial charge < -0.3 is 14.9 Å². The zero-order valence-corrected chi connectivity index (χ0v) is 10.4. The third-order valence-corrected chi connectivity index (χ3v) is 3.21. The second-order valence-corrected chi connectivity index (χ2v) is 5.09. The Hall–Kier alpha value is -1.20. The first kappa shape index (κ1) is 13.9. The summed E-state index contributed by atoms with van der Waals surface area (Å²) in [5, 5.41) is 17.8. The van der Waals surface area contributed by atoms with Gasteiger partial charge in [-0.15, -0.1) is 0 Å². The van der Waals surface area contributed by atoms with Crippen molar-refractivity contribution in [1.82, 2.24) is 0 Å². The summed E-state index contributed by atoms with van der Waals surface area (Å²) in [5.74, 6) is 0.361. The summed E-state index contributed by atoms with van der Waals surface area (Å²) in [7, 11) is 0. The lowest BCUT2D eigenvalue weighted by Crippen LogP contribution is -2.08. The Morgan fingerprint density at radius 3 is 2.94 bits per heavy atom. The molecule has 0 aliphatic carbocycles. The minimum Gasteiger partial charge on any atom is -0.493 e. The second-order valence-electron chi connectivity index (χ2n) is 3.55. The fourth-order valence-electron chi connectivity index (χ4n) is 1.18. The maximum atomic E-state index is 10.7. The third kappa shape index (κ3) is 5.10. The number of carboxylic acids is 1. The molecule has 0 saturated carbocycles. The molecule has 0 bridgehead atoms. The van der Waals surface area contributed by atoms with Crippen LogP contribution >= 0.6 is 11.8 Å². The van der Waals surface area contributed by atoms with Crippen LogP contribution in [-0.4, -0.2) is 40.4 Å². The number of aliphatic hydroxyl groups is 1. The number of hydrogen-bond acceptors (Lipinski definition) is 4. The highest BCUT2D eigenvalue weighted by atomic mass is 32.2. The Morgan fingerprint density at radius 1 is 1.53 bits per heavy atom. The van der Waals surface area contributed by atoms with E-state index in [2.05, 4.69) is 0 Å². The molecule has 4 nitrogen and oxygen atoms in total. The van der Waals surface area contributed by atoms with Crippen LogP contribution in [-0.2, 0) is 0 Å². The molecule has 1 unspecified atom stereocenters. The minimum atomic E-state index is -0.960. The molecule has 0 fully saturated rings. The van der Waals surface area contributed by atoms with Crippen LogP contribution in [0, 0.1) is 0 Å². The van der Waals surface area contributed by atoms with Crippen molar-refractivity contribution >= 4 is 17.7 Å². The lowest BCUT2D eigenvalue weighted by Gasteiger charge is -2.09. The van der Waals surface area contributed by atoms with Crippen molar-refractivity contribution in [3.8, 4) is 5.75 Å². The van der Waals surface area contributed by atoms with Gasteiger partial charge in [0.05, 0.1) is 18.8 Å². The van der Waals surface area contributed by atoms with Crippen molar-refractivity contribution in [1.29, 1.82) is 0 Å². The number of thioether (sulfide) groups is 1. The molecular weight excluding hydrogens is 240 g/mol. The monoisotopic (exact) mass is 256 g/mol. The normalized spacial score (nSPS) is 12.1. The predicted molar refractivity (Wildman–Crippen MR) is 67.9 cm³/mol. The SMILES string of the molecule is CC(CO)SCCOc1cccc(C(=O)O)c1. The molecule has 2 N–H and O–H groups in total. The summed E-state index contributed by atoms with van der Waals surface area (Å²) in [5.41, 5.74) is 0.221. The molecule has 0 spiro atoms. The van der Waals surface area contributed by atoms with Crippen LogP contribution in [0.1, 0.15) is 17.3 Å². The van der Waals surface area contributed by atoms with Crippen LogP contribution < -0.4 is 4.74 Å². The van der Waals surface area contributed by atoms with Gasteiger partial charge in [0, 0.05) is 11.0 Å². The Kier molecular flexibility index (Phi) is 5.86. The van der Waals surface area contributed by atoms with Gasteiger partial charge in [-0.2, -0.15) is 11.8 Å². The molecule has 17 heavy (non-hydrogen) atoms. The van der Waals surface area contributed by atoms with Gasteiger partial charge in [0.2, 0.25) is 0 Å². The molecule has 0 heterocycles. The molecule has 0 aromatic heterocycles. The number of aliphatic hydroxyl groups excluding tert-OH is 1. The Morgan fingerprint density at radius 2 is 2.29 bits per heavy atom. The number of aromatic carboxylic acids is 1. The quantitative estimate of drug-likeness (QED) is 0.729. The summed E-state index contributed by atoms with van der Waals surface area (Å²) in [6.07, 6.45) is 0. The molecule has 0 aliphatic rings. The lowest BCUT2D eigenvalue weighted by molar-refractivity contribution is 0.0696. The van der Waals surface area contributed by atoms with Crippen molar-refractivity contribution in [3.05, 3.63) is 29.8 Å². The molecule has 1 atom stereocenters. The summed E-state index contributed by atoms with van der Waals surface area (Å²) in [4.78, 5) is 10.7. The first-order valence-corrected chi connectivity index (χ1v) is 6.37. The van der Waals surface area contributed by atoms with Gasteiger partial charge in [-0.3, -0.25) is 0 Å². The number of ether oxygens (including phenoxy) is 1. The largest absolute Gasteiger partial charge is 0.493 e. The highest BCUT2D eigenvalue weighted by molar-refractivity contribution is 7.99. The van der Waals surface area contributed by atoms with E-state index in [0.717, 1.165) is 5.75 Å². The average Bonchev–Trinajstić information content (AvgIpc) is 2.34. The number of carbonyl (C=O) groups is 1. The first-order valence-electron chi connectivity index (χ1n) is 5.32. The van der Waals surface area contributed by atoms with Crippen molar-refractivity contribution in [3.63, 3.8) is 0 Å². The van der Waals surface area contributed by atoms with Gasteiger partial charge in [0.15, 0.2) is 0 Å². The molecule has 1 rings (SSSR count). The zero-order chi connectivity index (χ0) is 12.7. The highest BCUT2D eigenvalue weighted by Crippen LogP contribution is 2.15. The van der Waals surface area contributed by atoms with E-state index in [1.54, 1.807) is 23.9 Å². The first-order chi connectivity index (χ1) is 8.13. The van der Waals surface area contributed by atoms with Crippen LogP contribution in [0.2, 0.25) is 0 Å². The molecule has 1 aromatic rings. The fraction of sp³-hybridized carbons (Fsp3) is 0.417. The molecule has 0 saturated heterocycles. The molecule has 0 radical (unpaired) electrons. The van der Waals surface area contributed by atoms with Crippen LogP contribution in [0.5, 0.6) is 5.75 Å². The van der Waals surface area contributed by atoms with Gasteiger partial charge in [-0.05, 0) is 18.2 Å². The maximum Gasteiger partial charge on any atom is 0.335 e. The van der Waals surface area contributed by atoms with Gasteiger partial charge in [0.1, 0.15) is 5.75 Å². The van der Waals surface area contributed by atoms with E-state index in [0.29, 0.717) is 12.4 Å². The van der Waals surface area contributed by atoms with Gasteiger partial charge in [0.25, 0.3) is 0 Å². The van der Waals surface area contributed by atoms with E-state index in [9.17, 15) is 4.79 Å². The molecular formula is C12H16O4S. The number of hydrogen-bond donors (Lipinski definition) is 2. The highest BCUT2D eigenvalue weighted by Gasteiger charge is 2.04. The van der Waals surface area contributed by atoms with Gasteiger partial charge in [-0.25, -0.2) is 4.79 Å². The van der Waals surface area contributed by atoms with E-state index in [1.165, 1.54) is 12.1 Å². The van der Waals surface area contributed by atoms with E-state index in [1.807, 2.05) is 6.92 Å². The van der Waals surface area contributed by atoms with Crippen LogP contribution in [0.3, 0.4) is 0 Å². The standard InChI is InChI=1S/C12H16O4S/c1-9(8-13)17-6-5-16-11-4-2-3-10(7-11)12(14)15/h2-4,7,9,13H,5-6,8H2,1H3,(H,14,15). The summed E-state index contributed by atoms with van der Waals surface area (Å²) >= 11 is 1.61. The number of rotatable bonds is 7. The van der Waals surface area contributed by atoms with E-state index < -0.39 is 5.97 Å². The van der Waals surface area contributed by atoms with E-state index in [4.69, 9.17) is 14.9 Å². The molecule has 5 heteroatoms. The molecule has 0 aliphatic heterocycles. The van der Waals surface area contributed by atoms with Crippen LogP contribution in [0.4, 0.5) is 0 Å². The van der Waals surface area contributed by atoms with Crippen molar-refractivity contribution in [2.24, 2.45) is 0 Å². The Balaban J connectivity index is 2.36. The molecule has 0 amide bonds. The summed E-state index contributed by atoms with van der Waals surface area (Å²) < 4.78 is 5.43. The Bertz CT molecular complexity index is 367. The molecule has 94 valence electrons.